The fraction of sp³-hybridized carbons (Fsp3) is 0.562. The number of amides is 1. The van der Waals surface area contributed by atoms with Crippen molar-refractivity contribution in [3.8, 4) is 0 Å². The van der Waals surface area contributed by atoms with Crippen molar-refractivity contribution < 1.29 is 4.79 Å². The fourth-order valence-corrected chi connectivity index (χ4v) is 3.16. The quantitative estimate of drug-likeness (QED) is 0.907. The average molecular weight is 273 g/mol. The molecule has 0 spiro atoms. The second-order valence-corrected chi connectivity index (χ2v) is 5.98. The third-order valence-corrected chi connectivity index (χ3v) is 4.29. The van der Waals surface area contributed by atoms with Gasteiger partial charge in [-0.25, -0.2) is 0 Å². The van der Waals surface area contributed by atoms with E-state index >= 15 is 0 Å². The van der Waals surface area contributed by atoms with Gasteiger partial charge >= 0.3 is 0 Å². The van der Waals surface area contributed by atoms with Crippen molar-refractivity contribution >= 4 is 5.91 Å². The van der Waals surface area contributed by atoms with Crippen molar-refractivity contribution in [2.45, 2.75) is 31.8 Å². The van der Waals surface area contributed by atoms with Crippen LogP contribution in [-0.2, 0) is 6.54 Å². The molecule has 2 saturated heterocycles. The summed E-state index contributed by atoms with van der Waals surface area (Å²) in [6, 6.07) is 8.22. The monoisotopic (exact) mass is 273 g/mol. The van der Waals surface area contributed by atoms with Gasteiger partial charge in [-0.05, 0) is 50.0 Å². The highest BCUT2D eigenvalue weighted by molar-refractivity contribution is 5.94. The van der Waals surface area contributed by atoms with Crippen LogP contribution in [0.4, 0.5) is 0 Å². The maximum Gasteiger partial charge on any atom is 0.253 e. The van der Waals surface area contributed by atoms with Crippen LogP contribution in [-0.4, -0.2) is 47.9 Å². The lowest BCUT2D eigenvalue weighted by molar-refractivity contribution is 0.0790. The van der Waals surface area contributed by atoms with Gasteiger partial charge in [0.1, 0.15) is 0 Å². The summed E-state index contributed by atoms with van der Waals surface area (Å²) >= 11 is 0. The van der Waals surface area contributed by atoms with Crippen LogP contribution in [0.5, 0.6) is 0 Å². The SMILES string of the molecule is N[C@@H]1CCN(C(=O)c2cccc(CN3CCCC3)c2)C1. The standard InChI is InChI=1S/C16H23N3O/c17-15-6-9-19(12-15)16(20)14-5-3-4-13(10-14)11-18-7-1-2-8-18/h3-5,10,15H,1-2,6-9,11-12,17H2/t15-/m1/s1. The Kier molecular flexibility index (Phi) is 4.03. The molecule has 20 heavy (non-hydrogen) atoms. The molecule has 2 N–H and O–H groups in total. The summed E-state index contributed by atoms with van der Waals surface area (Å²) in [7, 11) is 0. The number of hydrogen-bond acceptors (Lipinski definition) is 3. The van der Waals surface area contributed by atoms with Gasteiger partial charge in [0.15, 0.2) is 0 Å². The molecule has 1 aromatic rings. The highest BCUT2D eigenvalue weighted by Crippen LogP contribution is 2.16. The van der Waals surface area contributed by atoms with Gasteiger partial charge in [0.2, 0.25) is 0 Å². The minimum absolute atomic E-state index is 0.126. The van der Waals surface area contributed by atoms with Crippen molar-refractivity contribution in [1.29, 1.82) is 0 Å². The van der Waals surface area contributed by atoms with E-state index in [4.69, 9.17) is 5.73 Å². The molecule has 0 unspecified atom stereocenters. The summed E-state index contributed by atoms with van der Waals surface area (Å²) in [6.45, 7) is 4.80. The normalized spacial score (nSPS) is 23.4. The zero-order chi connectivity index (χ0) is 13.9. The molecule has 1 amide bonds. The minimum atomic E-state index is 0.126. The average Bonchev–Trinajstić information content (AvgIpc) is 3.10. The first-order chi connectivity index (χ1) is 9.72. The number of nitrogens with zero attached hydrogens (tertiary/aromatic N) is 2. The van der Waals surface area contributed by atoms with Crippen LogP contribution < -0.4 is 5.73 Å². The van der Waals surface area contributed by atoms with Gasteiger partial charge in [-0.3, -0.25) is 9.69 Å². The second kappa shape index (κ2) is 5.94. The van der Waals surface area contributed by atoms with Crippen molar-refractivity contribution in [2.24, 2.45) is 5.73 Å². The molecule has 0 bridgehead atoms. The van der Waals surface area contributed by atoms with Crippen LogP contribution in [0.2, 0.25) is 0 Å². The summed E-state index contributed by atoms with van der Waals surface area (Å²) in [4.78, 5) is 16.8. The van der Waals surface area contributed by atoms with Gasteiger partial charge in [0.25, 0.3) is 5.91 Å². The Morgan fingerprint density at radius 2 is 2.05 bits per heavy atom. The lowest BCUT2D eigenvalue weighted by Crippen LogP contribution is -2.32. The molecule has 0 saturated carbocycles. The molecule has 0 aromatic heterocycles. The van der Waals surface area contributed by atoms with Crippen molar-refractivity contribution in [2.75, 3.05) is 26.2 Å². The predicted molar refractivity (Wildman–Crippen MR) is 79.4 cm³/mol. The number of rotatable bonds is 3. The summed E-state index contributed by atoms with van der Waals surface area (Å²) in [6.07, 6.45) is 3.51. The Morgan fingerprint density at radius 1 is 1.25 bits per heavy atom. The van der Waals surface area contributed by atoms with E-state index in [0.717, 1.165) is 25.1 Å². The molecule has 2 heterocycles. The summed E-state index contributed by atoms with van der Waals surface area (Å²) < 4.78 is 0. The van der Waals surface area contributed by atoms with Gasteiger partial charge in [-0.15, -0.1) is 0 Å². The Balaban J connectivity index is 1.68. The molecule has 108 valence electrons. The van der Waals surface area contributed by atoms with Gasteiger partial charge in [0.05, 0.1) is 0 Å². The number of nitrogens with two attached hydrogens (primary N) is 1. The summed E-state index contributed by atoms with van der Waals surface area (Å²) in [5.41, 5.74) is 7.92. The van der Waals surface area contributed by atoms with Gasteiger partial charge in [-0.2, -0.15) is 0 Å². The van der Waals surface area contributed by atoms with E-state index in [2.05, 4.69) is 11.0 Å². The molecule has 2 fully saturated rings. The molecule has 2 aliphatic rings. The van der Waals surface area contributed by atoms with E-state index in [0.29, 0.717) is 6.54 Å². The third kappa shape index (κ3) is 3.02. The number of benzene rings is 1. The van der Waals surface area contributed by atoms with Crippen LogP contribution in [0.1, 0.15) is 35.2 Å². The molecule has 0 aliphatic carbocycles. The largest absolute Gasteiger partial charge is 0.337 e. The molecule has 1 atom stereocenters. The Bertz CT molecular complexity index is 482. The van der Waals surface area contributed by atoms with E-state index < -0.39 is 0 Å². The van der Waals surface area contributed by atoms with Crippen LogP contribution in [0, 0.1) is 0 Å². The maximum atomic E-state index is 12.4. The third-order valence-electron chi connectivity index (χ3n) is 4.29. The van der Waals surface area contributed by atoms with E-state index in [-0.39, 0.29) is 11.9 Å². The first-order valence-corrected chi connectivity index (χ1v) is 7.58. The predicted octanol–water partition coefficient (Wildman–Crippen LogP) is 1.46. The smallest absolute Gasteiger partial charge is 0.253 e. The van der Waals surface area contributed by atoms with Crippen LogP contribution >= 0.6 is 0 Å². The van der Waals surface area contributed by atoms with E-state index in [1.165, 1.54) is 31.5 Å². The number of carbonyl (C=O) groups excluding carboxylic acids is 1. The highest BCUT2D eigenvalue weighted by atomic mass is 16.2. The number of carbonyl (C=O) groups is 1. The minimum Gasteiger partial charge on any atom is -0.337 e. The Hall–Kier alpha value is -1.39. The molecule has 0 radical (unpaired) electrons. The van der Waals surface area contributed by atoms with Crippen LogP contribution in [0.15, 0.2) is 24.3 Å². The van der Waals surface area contributed by atoms with E-state index in [9.17, 15) is 4.79 Å². The van der Waals surface area contributed by atoms with Gasteiger partial charge < -0.3 is 10.6 Å². The zero-order valence-corrected chi connectivity index (χ0v) is 11.9. The Morgan fingerprint density at radius 3 is 2.75 bits per heavy atom. The molecule has 4 heteroatoms. The second-order valence-electron chi connectivity index (χ2n) is 5.98. The first-order valence-electron chi connectivity index (χ1n) is 7.58. The van der Waals surface area contributed by atoms with Crippen molar-refractivity contribution in [3.63, 3.8) is 0 Å². The topological polar surface area (TPSA) is 49.6 Å². The van der Waals surface area contributed by atoms with Crippen molar-refractivity contribution in [1.82, 2.24) is 9.80 Å². The highest BCUT2D eigenvalue weighted by Gasteiger charge is 2.24. The number of hydrogen-bond donors (Lipinski definition) is 1. The first kappa shape index (κ1) is 13.6. The molecule has 1 aromatic carbocycles. The molecule has 4 nitrogen and oxygen atoms in total. The van der Waals surface area contributed by atoms with Gasteiger partial charge in [-0.1, -0.05) is 12.1 Å². The molecule has 2 aliphatic heterocycles. The molecular weight excluding hydrogens is 250 g/mol. The zero-order valence-electron chi connectivity index (χ0n) is 11.9. The fourth-order valence-electron chi connectivity index (χ4n) is 3.16. The summed E-state index contributed by atoms with van der Waals surface area (Å²) in [5.74, 6) is 0.126. The molecular formula is C16H23N3O. The van der Waals surface area contributed by atoms with Gasteiger partial charge in [0, 0.05) is 31.2 Å². The lowest BCUT2D eigenvalue weighted by atomic mass is 10.1. The summed E-state index contributed by atoms with van der Waals surface area (Å²) in [5, 5.41) is 0. The number of likely N-dealkylation sites (tertiary alicyclic amines) is 2. The lowest BCUT2D eigenvalue weighted by Gasteiger charge is -2.18. The van der Waals surface area contributed by atoms with E-state index in [1.54, 1.807) is 0 Å². The van der Waals surface area contributed by atoms with Crippen LogP contribution in [0.3, 0.4) is 0 Å². The van der Waals surface area contributed by atoms with Crippen molar-refractivity contribution in [3.05, 3.63) is 35.4 Å². The van der Waals surface area contributed by atoms with E-state index in [1.807, 2.05) is 23.1 Å². The maximum absolute atomic E-state index is 12.4. The Labute approximate surface area is 120 Å². The van der Waals surface area contributed by atoms with Crippen LogP contribution in [0.25, 0.3) is 0 Å². The molecule has 3 rings (SSSR count).